The van der Waals surface area contributed by atoms with Gasteiger partial charge in [0.1, 0.15) is 11.2 Å². The molecule has 9 aromatic carbocycles. The molecule has 13 rings (SSSR count). The van der Waals surface area contributed by atoms with Gasteiger partial charge in [-0.15, -0.1) is 0 Å². The number of hydrogen-bond acceptors (Lipinski definition) is 5. The fourth-order valence-corrected chi connectivity index (χ4v) is 9.78. The highest BCUT2D eigenvalue weighted by molar-refractivity contribution is 6.28. The predicted octanol–water partition coefficient (Wildman–Crippen LogP) is 15.9. The third-order valence-electron chi connectivity index (χ3n) is 12.9. The first-order valence-corrected chi connectivity index (χ1v) is 22.8. The molecule has 0 aliphatic rings. The normalized spacial score (nSPS) is 11.5. The molecule has 13 aromatic rings. The van der Waals surface area contributed by atoms with Crippen LogP contribution in [0.3, 0.4) is 0 Å². The minimum Gasteiger partial charge on any atom is -0.455 e. The van der Waals surface area contributed by atoms with E-state index in [0.29, 0.717) is 23.2 Å². The van der Waals surface area contributed by atoms with Crippen molar-refractivity contribution in [1.82, 2.24) is 24.5 Å². The van der Waals surface area contributed by atoms with Gasteiger partial charge in [-0.2, -0.15) is 0 Å². The summed E-state index contributed by atoms with van der Waals surface area (Å²) in [6, 6.07) is 80.0. The number of fused-ring (bicyclic) bond motifs is 7. The first-order chi connectivity index (χ1) is 33.7. The minimum atomic E-state index is 0.504. The molecule has 68 heavy (non-hydrogen) atoms. The molecule has 0 saturated carbocycles. The molecule has 4 aromatic heterocycles. The highest BCUT2D eigenvalue weighted by Crippen LogP contribution is 2.46. The van der Waals surface area contributed by atoms with Crippen LogP contribution in [-0.2, 0) is 0 Å². The molecule has 0 atom stereocenters. The number of nitrogens with zero attached hydrogens (tertiary/aromatic N) is 5. The standard InChI is InChI=1S/C62H39N5O/c1-6-19-40(20-7-1)44-33-34-47(41-21-8-2-9-22-41)51(37-44)45-38-52(62-65-60(42-23-10-3-11-24-42)64-61(66-62)43-25-12-4-13-26-43)58(63-39-45)50-31-18-30-49-57-55(68-59(49)50)36-35-54-56(57)48-29-16-17-32-53(48)67(54)46-27-14-5-15-28-46/h1-39H. The first kappa shape index (κ1) is 39.1. The second kappa shape index (κ2) is 16.3. The Balaban J connectivity index is 1.09. The van der Waals surface area contributed by atoms with Crippen LogP contribution in [0.5, 0.6) is 0 Å². The van der Waals surface area contributed by atoms with Crippen LogP contribution in [0.1, 0.15) is 0 Å². The predicted molar refractivity (Wildman–Crippen MR) is 277 cm³/mol. The largest absolute Gasteiger partial charge is 0.455 e. The van der Waals surface area contributed by atoms with Gasteiger partial charge < -0.3 is 8.98 Å². The summed E-state index contributed by atoms with van der Waals surface area (Å²) in [6.45, 7) is 0. The molecular weight excluding hydrogens is 831 g/mol. The Labute approximate surface area is 392 Å². The SMILES string of the molecule is c1ccc(-c2ccc(-c3ccccc3)c(-c3cnc(-c4cccc5c4oc4ccc6c(c7ccccc7n6-c6ccccc6)c45)c(-c4nc(-c5ccccc5)nc(-c5ccccc5)n4)c3)c2)cc1. The fraction of sp³-hybridized carbons (Fsp3) is 0. The van der Waals surface area contributed by atoms with E-state index in [1.807, 2.05) is 72.9 Å². The molecule has 0 bridgehead atoms. The summed E-state index contributed by atoms with van der Waals surface area (Å²) in [4.78, 5) is 21.1. The quantitative estimate of drug-likeness (QED) is 0.152. The van der Waals surface area contributed by atoms with E-state index < -0.39 is 0 Å². The molecule has 318 valence electrons. The van der Waals surface area contributed by atoms with Crippen molar-refractivity contribution in [2.45, 2.75) is 0 Å². The van der Waals surface area contributed by atoms with E-state index in [-0.39, 0.29) is 0 Å². The number of aromatic nitrogens is 5. The van der Waals surface area contributed by atoms with E-state index in [2.05, 4.69) is 168 Å². The van der Waals surface area contributed by atoms with E-state index in [4.69, 9.17) is 24.4 Å². The maximum absolute atomic E-state index is 7.04. The average Bonchev–Trinajstić information content (AvgIpc) is 3.98. The van der Waals surface area contributed by atoms with Gasteiger partial charge in [0.25, 0.3) is 0 Å². The van der Waals surface area contributed by atoms with Crippen LogP contribution < -0.4 is 0 Å². The Hall–Kier alpha value is -9.26. The third-order valence-corrected chi connectivity index (χ3v) is 12.9. The molecule has 0 aliphatic heterocycles. The molecule has 0 unspecified atom stereocenters. The number of hydrogen-bond donors (Lipinski definition) is 0. The van der Waals surface area contributed by atoms with Gasteiger partial charge in [0, 0.05) is 61.2 Å². The maximum Gasteiger partial charge on any atom is 0.166 e. The lowest BCUT2D eigenvalue weighted by atomic mass is 9.90. The first-order valence-electron chi connectivity index (χ1n) is 22.8. The summed E-state index contributed by atoms with van der Waals surface area (Å²) in [7, 11) is 0. The van der Waals surface area contributed by atoms with Gasteiger partial charge in [0.15, 0.2) is 17.5 Å². The number of rotatable bonds is 8. The summed E-state index contributed by atoms with van der Waals surface area (Å²) in [5.74, 6) is 1.64. The fourth-order valence-electron chi connectivity index (χ4n) is 9.78. The Morgan fingerprint density at radius 1 is 0.338 bits per heavy atom. The zero-order chi connectivity index (χ0) is 45.0. The van der Waals surface area contributed by atoms with Gasteiger partial charge in [0.2, 0.25) is 0 Å². The van der Waals surface area contributed by atoms with Gasteiger partial charge in [-0.05, 0) is 76.3 Å². The van der Waals surface area contributed by atoms with Crippen LogP contribution in [0.15, 0.2) is 241 Å². The molecule has 0 fully saturated rings. The molecule has 6 nitrogen and oxygen atoms in total. The van der Waals surface area contributed by atoms with Crippen molar-refractivity contribution in [3.8, 4) is 84.5 Å². The second-order valence-corrected chi connectivity index (χ2v) is 17.0. The number of furan rings is 1. The van der Waals surface area contributed by atoms with Crippen LogP contribution in [-0.4, -0.2) is 24.5 Å². The van der Waals surface area contributed by atoms with E-state index >= 15 is 0 Å². The average molecular weight is 870 g/mol. The van der Waals surface area contributed by atoms with Crippen molar-refractivity contribution >= 4 is 43.7 Å². The lowest BCUT2D eigenvalue weighted by Gasteiger charge is -2.16. The molecule has 0 amide bonds. The van der Waals surface area contributed by atoms with Gasteiger partial charge in [0.05, 0.1) is 16.7 Å². The van der Waals surface area contributed by atoms with Gasteiger partial charge in [-0.1, -0.05) is 182 Å². The van der Waals surface area contributed by atoms with Crippen LogP contribution >= 0.6 is 0 Å². The maximum atomic E-state index is 7.04. The molecule has 0 saturated heterocycles. The Morgan fingerprint density at radius 2 is 0.912 bits per heavy atom. The van der Waals surface area contributed by atoms with E-state index in [1.165, 1.54) is 0 Å². The number of pyridine rings is 1. The Morgan fingerprint density at radius 3 is 1.60 bits per heavy atom. The highest BCUT2D eigenvalue weighted by atomic mass is 16.3. The number of benzene rings is 9. The minimum absolute atomic E-state index is 0.504. The second-order valence-electron chi connectivity index (χ2n) is 17.0. The van der Waals surface area contributed by atoms with Crippen LogP contribution in [0.4, 0.5) is 0 Å². The van der Waals surface area contributed by atoms with Gasteiger partial charge in [-0.25, -0.2) is 15.0 Å². The summed E-state index contributed by atoms with van der Waals surface area (Å²) in [5.41, 5.74) is 15.4. The van der Waals surface area contributed by atoms with Crippen LogP contribution in [0.2, 0.25) is 0 Å². The molecular formula is C62H39N5O. The van der Waals surface area contributed by atoms with Gasteiger partial charge >= 0.3 is 0 Å². The Kier molecular flexibility index (Phi) is 9.39. The highest BCUT2D eigenvalue weighted by Gasteiger charge is 2.24. The molecule has 0 spiro atoms. The molecule has 4 heterocycles. The molecule has 0 aliphatic carbocycles. The lowest BCUT2D eigenvalue weighted by molar-refractivity contribution is 0.670. The number of para-hydroxylation sites is 3. The van der Waals surface area contributed by atoms with Crippen molar-refractivity contribution in [3.05, 3.63) is 237 Å². The zero-order valence-electron chi connectivity index (χ0n) is 36.7. The topological polar surface area (TPSA) is 69.6 Å². The summed E-state index contributed by atoms with van der Waals surface area (Å²) in [5, 5.41) is 4.37. The Bertz CT molecular complexity index is 3940. The lowest BCUT2D eigenvalue weighted by Crippen LogP contribution is -2.02. The van der Waals surface area contributed by atoms with Crippen LogP contribution in [0, 0.1) is 0 Å². The summed E-state index contributed by atoms with van der Waals surface area (Å²) in [6.07, 6.45) is 1.99. The van der Waals surface area contributed by atoms with Crippen molar-refractivity contribution in [2.75, 3.05) is 0 Å². The van der Waals surface area contributed by atoms with Crippen molar-refractivity contribution in [1.29, 1.82) is 0 Å². The van der Waals surface area contributed by atoms with E-state index in [1.54, 1.807) is 0 Å². The van der Waals surface area contributed by atoms with E-state index in [9.17, 15) is 0 Å². The monoisotopic (exact) mass is 869 g/mol. The smallest absolute Gasteiger partial charge is 0.166 e. The summed E-state index contributed by atoms with van der Waals surface area (Å²) >= 11 is 0. The van der Waals surface area contributed by atoms with Crippen LogP contribution in [0.25, 0.3) is 128 Å². The summed E-state index contributed by atoms with van der Waals surface area (Å²) < 4.78 is 9.39. The van der Waals surface area contributed by atoms with Crippen molar-refractivity contribution < 1.29 is 4.42 Å². The van der Waals surface area contributed by atoms with Crippen molar-refractivity contribution in [3.63, 3.8) is 0 Å². The van der Waals surface area contributed by atoms with E-state index in [0.717, 1.165) is 105 Å². The van der Waals surface area contributed by atoms with Gasteiger partial charge in [-0.3, -0.25) is 4.98 Å². The zero-order valence-corrected chi connectivity index (χ0v) is 36.7. The molecule has 0 N–H and O–H groups in total. The molecule has 0 radical (unpaired) electrons. The van der Waals surface area contributed by atoms with Crippen molar-refractivity contribution in [2.24, 2.45) is 0 Å². The third kappa shape index (κ3) is 6.66. The molecule has 6 heteroatoms.